The molecule has 0 aromatic carbocycles. The second-order valence-electron chi connectivity index (χ2n) is 4.05. The number of nitriles is 1. The van der Waals surface area contributed by atoms with Gasteiger partial charge in [-0.1, -0.05) is 19.3 Å². The van der Waals surface area contributed by atoms with Gasteiger partial charge >= 0.3 is 11.8 Å². The molecule has 2 amide bonds. The minimum absolute atomic E-state index is 0.129. The van der Waals surface area contributed by atoms with Gasteiger partial charge in [0, 0.05) is 6.54 Å². The minimum atomic E-state index is -0.725. The minimum Gasteiger partial charge on any atom is -0.348 e. The van der Waals surface area contributed by atoms with Gasteiger partial charge in [-0.3, -0.25) is 9.59 Å². The molecule has 0 unspecified atom stereocenters. The Morgan fingerprint density at radius 3 is 2.38 bits per heavy atom. The summed E-state index contributed by atoms with van der Waals surface area (Å²) in [6, 6.07) is 1.75. The lowest BCUT2D eigenvalue weighted by atomic mass is 9.89. The van der Waals surface area contributed by atoms with Crippen LogP contribution in [0.1, 0.15) is 32.1 Å². The fraction of sp³-hybridized carbons (Fsp3) is 0.727. The standard InChI is InChI=1S/C11H17N3O2/c12-6-7-13-10(15)11(16)14-8-9-4-2-1-3-5-9/h9H,1-5,7-8H2,(H,13,15)(H,14,16). The first-order chi connectivity index (χ1) is 7.74. The van der Waals surface area contributed by atoms with Crippen LogP contribution in [0.3, 0.4) is 0 Å². The van der Waals surface area contributed by atoms with E-state index in [1.54, 1.807) is 6.07 Å². The first-order valence-corrected chi connectivity index (χ1v) is 5.67. The highest BCUT2D eigenvalue weighted by Crippen LogP contribution is 2.22. The summed E-state index contributed by atoms with van der Waals surface area (Å²) in [5, 5.41) is 13.0. The van der Waals surface area contributed by atoms with E-state index in [1.165, 1.54) is 19.3 Å². The van der Waals surface area contributed by atoms with Crippen molar-refractivity contribution in [3.8, 4) is 6.07 Å². The van der Waals surface area contributed by atoms with Crippen molar-refractivity contribution >= 4 is 11.8 Å². The van der Waals surface area contributed by atoms with E-state index in [0.717, 1.165) is 12.8 Å². The largest absolute Gasteiger partial charge is 0.348 e. The van der Waals surface area contributed by atoms with E-state index in [1.807, 2.05) is 0 Å². The summed E-state index contributed by atoms with van der Waals surface area (Å²) in [6.07, 6.45) is 5.94. The van der Waals surface area contributed by atoms with Crippen LogP contribution in [0.25, 0.3) is 0 Å². The molecule has 1 aliphatic carbocycles. The molecular formula is C11H17N3O2. The summed E-state index contributed by atoms with van der Waals surface area (Å²) >= 11 is 0. The molecular weight excluding hydrogens is 206 g/mol. The quantitative estimate of drug-likeness (QED) is 0.534. The lowest BCUT2D eigenvalue weighted by molar-refractivity contribution is -0.139. The zero-order valence-corrected chi connectivity index (χ0v) is 9.29. The van der Waals surface area contributed by atoms with Crippen LogP contribution in [0.15, 0.2) is 0 Å². The number of amides is 2. The lowest BCUT2D eigenvalue weighted by Gasteiger charge is -2.21. The van der Waals surface area contributed by atoms with E-state index in [9.17, 15) is 9.59 Å². The van der Waals surface area contributed by atoms with Gasteiger partial charge in [-0.05, 0) is 18.8 Å². The molecule has 0 radical (unpaired) electrons. The van der Waals surface area contributed by atoms with Crippen LogP contribution in [0.5, 0.6) is 0 Å². The fourth-order valence-electron chi connectivity index (χ4n) is 1.91. The number of hydrogen-bond donors (Lipinski definition) is 2. The van der Waals surface area contributed by atoms with Crippen molar-refractivity contribution in [1.29, 1.82) is 5.26 Å². The molecule has 88 valence electrons. The average molecular weight is 223 g/mol. The molecule has 2 N–H and O–H groups in total. The second-order valence-corrected chi connectivity index (χ2v) is 4.05. The summed E-state index contributed by atoms with van der Waals surface area (Å²) in [4.78, 5) is 22.4. The monoisotopic (exact) mass is 223 g/mol. The molecule has 0 aromatic rings. The van der Waals surface area contributed by atoms with E-state index < -0.39 is 11.8 Å². The van der Waals surface area contributed by atoms with Crippen molar-refractivity contribution in [3.63, 3.8) is 0 Å². The topological polar surface area (TPSA) is 82.0 Å². The molecule has 0 bridgehead atoms. The molecule has 16 heavy (non-hydrogen) atoms. The zero-order valence-electron chi connectivity index (χ0n) is 9.29. The Morgan fingerprint density at radius 2 is 1.75 bits per heavy atom. The summed E-state index contributed by atoms with van der Waals surface area (Å²) in [6.45, 7) is 0.439. The van der Waals surface area contributed by atoms with Crippen molar-refractivity contribution < 1.29 is 9.59 Å². The van der Waals surface area contributed by atoms with Crippen molar-refractivity contribution in [1.82, 2.24) is 10.6 Å². The van der Waals surface area contributed by atoms with E-state index in [-0.39, 0.29) is 6.54 Å². The Labute approximate surface area is 95.2 Å². The van der Waals surface area contributed by atoms with Gasteiger partial charge in [-0.15, -0.1) is 0 Å². The number of carbonyl (C=O) groups excluding carboxylic acids is 2. The molecule has 0 aromatic heterocycles. The maximum Gasteiger partial charge on any atom is 0.310 e. The molecule has 0 heterocycles. The number of carbonyl (C=O) groups is 2. The summed E-state index contributed by atoms with van der Waals surface area (Å²) in [5.74, 6) is -0.861. The highest BCUT2D eigenvalue weighted by atomic mass is 16.2. The molecule has 0 atom stereocenters. The first-order valence-electron chi connectivity index (χ1n) is 5.67. The molecule has 5 heteroatoms. The van der Waals surface area contributed by atoms with Crippen LogP contribution in [-0.4, -0.2) is 24.9 Å². The van der Waals surface area contributed by atoms with Crippen molar-refractivity contribution in [2.75, 3.05) is 13.1 Å². The molecule has 0 aliphatic heterocycles. The van der Waals surface area contributed by atoms with Crippen LogP contribution in [0, 0.1) is 17.2 Å². The predicted molar refractivity (Wildman–Crippen MR) is 58.2 cm³/mol. The molecule has 1 aliphatic rings. The number of nitrogens with zero attached hydrogens (tertiary/aromatic N) is 1. The van der Waals surface area contributed by atoms with E-state index >= 15 is 0 Å². The average Bonchev–Trinajstić information content (AvgIpc) is 2.34. The van der Waals surface area contributed by atoms with Crippen LogP contribution < -0.4 is 10.6 Å². The predicted octanol–water partition coefficient (Wildman–Crippen LogP) is 0.323. The normalized spacial score (nSPS) is 16.2. The fourth-order valence-corrected chi connectivity index (χ4v) is 1.91. The van der Waals surface area contributed by atoms with Gasteiger partial charge in [0.15, 0.2) is 0 Å². The van der Waals surface area contributed by atoms with Gasteiger partial charge in [0.05, 0.1) is 6.07 Å². The Hall–Kier alpha value is -1.57. The number of nitrogens with one attached hydrogen (secondary N) is 2. The van der Waals surface area contributed by atoms with Crippen LogP contribution in [0.2, 0.25) is 0 Å². The third kappa shape index (κ3) is 4.30. The van der Waals surface area contributed by atoms with Crippen LogP contribution in [-0.2, 0) is 9.59 Å². The number of hydrogen-bond acceptors (Lipinski definition) is 3. The second kappa shape index (κ2) is 6.83. The molecule has 0 spiro atoms. The third-order valence-electron chi connectivity index (χ3n) is 2.81. The Kier molecular flexibility index (Phi) is 5.34. The van der Waals surface area contributed by atoms with Crippen molar-refractivity contribution in [2.45, 2.75) is 32.1 Å². The first kappa shape index (κ1) is 12.5. The zero-order chi connectivity index (χ0) is 11.8. The SMILES string of the molecule is N#CCNC(=O)C(=O)NCC1CCCCC1. The lowest BCUT2D eigenvalue weighted by Crippen LogP contribution is -2.42. The van der Waals surface area contributed by atoms with Gasteiger partial charge in [-0.25, -0.2) is 0 Å². The summed E-state index contributed by atoms with van der Waals surface area (Å²) in [7, 11) is 0. The van der Waals surface area contributed by atoms with Crippen LogP contribution in [0.4, 0.5) is 0 Å². The van der Waals surface area contributed by atoms with Gasteiger partial charge in [0.25, 0.3) is 0 Å². The van der Waals surface area contributed by atoms with E-state index in [4.69, 9.17) is 5.26 Å². The third-order valence-corrected chi connectivity index (χ3v) is 2.81. The summed E-state index contributed by atoms with van der Waals surface area (Å²) in [5.41, 5.74) is 0. The molecule has 1 rings (SSSR count). The van der Waals surface area contributed by atoms with Crippen molar-refractivity contribution in [2.24, 2.45) is 5.92 Å². The Morgan fingerprint density at radius 1 is 1.12 bits per heavy atom. The Balaban J connectivity index is 2.18. The van der Waals surface area contributed by atoms with E-state index in [0.29, 0.717) is 12.5 Å². The van der Waals surface area contributed by atoms with Gasteiger partial charge in [0.2, 0.25) is 0 Å². The van der Waals surface area contributed by atoms with Gasteiger partial charge in [-0.2, -0.15) is 5.26 Å². The molecule has 1 fully saturated rings. The number of rotatable bonds is 3. The Bertz CT molecular complexity index is 290. The molecule has 0 saturated heterocycles. The van der Waals surface area contributed by atoms with Crippen LogP contribution >= 0.6 is 0 Å². The summed E-state index contributed by atoms with van der Waals surface area (Å²) < 4.78 is 0. The maximum atomic E-state index is 11.3. The molecule has 1 saturated carbocycles. The van der Waals surface area contributed by atoms with Crippen molar-refractivity contribution in [3.05, 3.63) is 0 Å². The maximum absolute atomic E-state index is 11.3. The smallest absolute Gasteiger partial charge is 0.310 e. The highest BCUT2D eigenvalue weighted by molar-refractivity contribution is 6.35. The molecule has 5 nitrogen and oxygen atoms in total. The highest BCUT2D eigenvalue weighted by Gasteiger charge is 2.17. The van der Waals surface area contributed by atoms with Gasteiger partial charge < -0.3 is 10.6 Å². The van der Waals surface area contributed by atoms with E-state index in [2.05, 4.69) is 10.6 Å². The van der Waals surface area contributed by atoms with Gasteiger partial charge in [0.1, 0.15) is 6.54 Å².